The van der Waals surface area contributed by atoms with Crippen LogP contribution in [0.3, 0.4) is 0 Å². The zero-order valence-electron chi connectivity index (χ0n) is 21.0. The smallest absolute Gasteiger partial charge is 0.264 e. The molecule has 1 N–H and O–H groups in total. The van der Waals surface area contributed by atoms with E-state index in [-0.39, 0.29) is 23.0 Å². The van der Waals surface area contributed by atoms with Gasteiger partial charge in [-0.3, -0.25) is 13.9 Å². The minimum Gasteiger partial charge on any atom is -0.354 e. The Balaban J connectivity index is 2.04. The summed E-state index contributed by atoms with van der Waals surface area (Å²) >= 11 is 0. The molecule has 3 aromatic rings. The van der Waals surface area contributed by atoms with Crippen LogP contribution in [0.15, 0.2) is 89.8 Å². The minimum atomic E-state index is -4.30. The molecule has 9 heteroatoms. The second kappa shape index (κ2) is 13.0. The molecular weight excluding hydrogens is 493 g/mol. The van der Waals surface area contributed by atoms with Gasteiger partial charge in [0.1, 0.15) is 18.4 Å². The number of benzene rings is 3. The summed E-state index contributed by atoms with van der Waals surface area (Å²) in [6.45, 7) is 3.58. The van der Waals surface area contributed by atoms with Crippen molar-refractivity contribution in [1.29, 1.82) is 0 Å². The maximum absolute atomic E-state index is 14.9. The van der Waals surface area contributed by atoms with Crippen molar-refractivity contribution in [2.45, 2.75) is 44.2 Å². The summed E-state index contributed by atoms with van der Waals surface area (Å²) in [6.07, 6.45) is 1.05. The number of carbonyl (C=O) groups excluding carboxylic acids is 2. The molecule has 37 heavy (non-hydrogen) atoms. The van der Waals surface area contributed by atoms with Crippen LogP contribution in [0.1, 0.15) is 32.3 Å². The lowest BCUT2D eigenvalue weighted by Gasteiger charge is -2.33. The molecule has 3 aromatic carbocycles. The summed E-state index contributed by atoms with van der Waals surface area (Å²) in [5, 5.41) is 2.83. The molecule has 0 aliphatic heterocycles. The van der Waals surface area contributed by atoms with E-state index in [1.165, 1.54) is 35.2 Å². The Bertz CT molecular complexity index is 1290. The summed E-state index contributed by atoms with van der Waals surface area (Å²) in [4.78, 5) is 28.1. The Morgan fingerprint density at radius 3 is 2.08 bits per heavy atom. The predicted octanol–water partition coefficient (Wildman–Crippen LogP) is 4.35. The van der Waals surface area contributed by atoms with E-state index in [1.54, 1.807) is 25.1 Å². The second-order valence-corrected chi connectivity index (χ2v) is 10.4. The highest BCUT2D eigenvalue weighted by molar-refractivity contribution is 7.92. The molecule has 0 radical (unpaired) electrons. The van der Waals surface area contributed by atoms with Gasteiger partial charge in [0.25, 0.3) is 10.0 Å². The maximum atomic E-state index is 14.9. The van der Waals surface area contributed by atoms with E-state index in [2.05, 4.69) is 5.32 Å². The van der Waals surface area contributed by atoms with Crippen molar-refractivity contribution < 1.29 is 22.4 Å². The Morgan fingerprint density at radius 2 is 1.49 bits per heavy atom. The first-order valence-electron chi connectivity index (χ1n) is 12.2. The summed E-state index contributed by atoms with van der Waals surface area (Å²) in [6, 6.07) is 21.3. The predicted molar refractivity (Wildman–Crippen MR) is 142 cm³/mol. The Morgan fingerprint density at radius 1 is 0.892 bits per heavy atom. The van der Waals surface area contributed by atoms with Gasteiger partial charge in [0.15, 0.2) is 0 Å². The van der Waals surface area contributed by atoms with Crippen LogP contribution in [0.25, 0.3) is 0 Å². The third-order valence-electron chi connectivity index (χ3n) is 5.86. The number of sulfonamides is 1. The van der Waals surface area contributed by atoms with Crippen LogP contribution in [0.5, 0.6) is 0 Å². The normalized spacial score (nSPS) is 12.0. The molecular formula is C28H32FN3O4S. The SMILES string of the molecule is CCCNC(=O)[C@H](CC)N(Cc1ccccc1)C(=O)CN(c1ccccc1F)S(=O)(=O)c1ccccc1. The second-order valence-electron chi connectivity index (χ2n) is 8.50. The number of amides is 2. The molecule has 0 spiro atoms. The molecule has 3 rings (SSSR count). The van der Waals surface area contributed by atoms with Crippen molar-refractivity contribution in [3.63, 3.8) is 0 Å². The molecule has 0 saturated heterocycles. The van der Waals surface area contributed by atoms with Crippen molar-refractivity contribution in [3.05, 3.63) is 96.3 Å². The average molecular weight is 526 g/mol. The monoisotopic (exact) mass is 525 g/mol. The summed E-state index contributed by atoms with van der Waals surface area (Å²) in [5.74, 6) is -1.72. The fraction of sp³-hybridized carbons (Fsp3) is 0.286. The molecule has 0 aliphatic carbocycles. The van der Waals surface area contributed by atoms with Crippen LogP contribution in [-0.4, -0.2) is 44.3 Å². The Hall–Kier alpha value is -3.72. The van der Waals surface area contributed by atoms with Crippen molar-refractivity contribution >= 4 is 27.5 Å². The highest BCUT2D eigenvalue weighted by atomic mass is 32.2. The van der Waals surface area contributed by atoms with Crippen LogP contribution in [0.2, 0.25) is 0 Å². The van der Waals surface area contributed by atoms with Gasteiger partial charge < -0.3 is 10.2 Å². The van der Waals surface area contributed by atoms with Crippen molar-refractivity contribution in [2.75, 3.05) is 17.4 Å². The zero-order valence-corrected chi connectivity index (χ0v) is 21.8. The van der Waals surface area contributed by atoms with Gasteiger partial charge in [-0.25, -0.2) is 12.8 Å². The molecule has 0 heterocycles. The van der Waals surface area contributed by atoms with Gasteiger partial charge in [0.2, 0.25) is 11.8 Å². The average Bonchev–Trinajstić information content (AvgIpc) is 2.91. The van der Waals surface area contributed by atoms with Crippen LogP contribution in [0.4, 0.5) is 10.1 Å². The van der Waals surface area contributed by atoms with E-state index >= 15 is 0 Å². The van der Waals surface area contributed by atoms with E-state index in [4.69, 9.17) is 0 Å². The molecule has 7 nitrogen and oxygen atoms in total. The number of halogens is 1. The molecule has 1 atom stereocenters. The standard InChI is InChI=1S/C28H32FN3O4S/c1-3-19-30-28(34)25(4-2)31(20-22-13-7-5-8-14-22)27(33)21-32(26-18-12-11-17-24(26)29)37(35,36)23-15-9-6-10-16-23/h5-18,25H,3-4,19-21H2,1-2H3,(H,30,34)/t25-/m0/s1. The van der Waals surface area contributed by atoms with Gasteiger partial charge in [-0.2, -0.15) is 0 Å². The van der Waals surface area contributed by atoms with Gasteiger partial charge in [-0.1, -0.05) is 74.5 Å². The fourth-order valence-corrected chi connectivity index (χ4v) is 5.40. The molecule has 0 bridgehead atoms. The quantitative estimate of drug-likeness (QED) is 0.381. The number of nitrogens with zero attached hydrogens (tertiary/aromatic N) is 2. The number of rotatable bonds is 12. The number of anilines is 1. The van der Waals surface area contributed by atoms with Crippen LogP contribution >= 0.6 is 0 Å². The third kappa shape index (κ3) is 6.95. The van der Waals surface area contributed by atoms with Crippen LogP contribution in [0, 0.1) is 5.82 Å². The maximum Gasteiger partial charge on any atom is 0.264 e. The van der Waals surface area contributed by atoms with Gasteiger partial charge >= 0.3 is 0 Å². The number of nitrogens with one attached hydrogen (secondary N) is 1. The lowest BCUT2D eigenvalue weighted by atomic mass is 10.1. The van der Waals surface area contributed by atoms with Crippen LogP contribution < -0.4 is 9.62 Å². The highest BCUT2D eigenvalue weighted by Crippen LogP contribution is 2.27. The summed E-state index contributed by atoms with van der Waals surface area (Å²) in [5.41, 5.74) is 0.531. The highest BCUT2D eigenvalue weighted by Gasteiger charge is 2.34. The molecule has 2 amide bonds. The van der Waals surface area contributed by atoms with E-state index in [0.29, 0.717) is 13.0 Å². The largest absolute Gasteiger partial charge is 0.354 e. The first-order valence-corrected chi connectivity index (χ1v) is 13.7. The zero-order chi connectivity index (χ0) is 26.8. The van der Waals surface area contributed by atoms with Crippen molar-refractivity contribution in [3.8, 4) is 0 Å². The summed E-state index contributed by atoms with van der Waals surface area (Å²) in [7, 11) is -4.30. The van der Waals surface area contributed by atoms with E-state index in [0.717, 1.165) is 22.4 Å². The van der Waals surface area contributed by atoms with Crippen LogP contribution in [-0.2, 0) is 26.2 Å². The van der Waals surface area contributed by atoms with Gasteiger partial charge in [-0.15, -0.1) is 0 Å². The third-order valence-corrected chi connectivity index (χ3v) is 7.64. The minimum absolute atomic E-state index is 0.0756. The van der Waals surface area contributed by atoms with Crippen molar-refractivity contribution in [2.24, 2.45) is 0 Å². The van der Waals surface area contributed by atoms with Gasteiger partial charge in [-0.05, 0) is 42.7 Å². The topological polar surface area (TPSA) is 86.8 Å². The number of para-hydroxylation sites is 1. The Kier molecular flexibility index (Phi) is 9.79. The van der Waals surface area contributed by atoms with E-state index in [1.807, 2.05) is 37.3 Å². The number of hydrogen-bond acceptors (Lipinski definition) is 4. The van der Waals surface area contributed by atoms with Gasteiger partial charge in [0, 0.05) is 13.1 Å². The first-order chi connectivity index (χ1) is 17.8. The lowest BCUT2D eigenvalue weighted by Crippen LogP contribution is -2.52. The fourth-order valence-electron chi connectivity index (χ4n) is 3.95. The molecule has 0 unspecified atom stereocenters. The molecule has 0 aliphatic rings. The van der Waals surface area contributed by atoms with Gasteiger partial charge in [0.05, 0.1) is 10.6 Å². The molecule has 196 valence electrons. The van der Waals surface area contributed by atoms with E-state index < -0.39 is 34.3 Å². The molecule has 0 fully saturated rings. The molecule has 0 aromatic heterocycles. The Labute approximate surface area is 218 Å². The van der Waals surface area contributed by atoms with Crippen molar-refractivity contribution in [1.82, 2.24) is 10.2 Å². The lowest BCUT2D eigenvalue weighted by molar-refractivity contribution is -0.140. The first kappa shape index (κ1) is 27.9. The number of carbonyl (C=O) groups is 2. The number of hydrogen-bond donors (Lipinski definition) is 1. The summed E-state index contributed by atoms with van der Waals surface area (Å²) < 4.78 is 42.9. The molecule has 0 saturated carbocycles. The van der Waals surface area contributed by atoms with E-state index in [9.17, 15) is 22.4 Å².